The van der Waals surface area contributed by atoms with Crippen LogP contribution in [0.1, 0.15) is 38.5 Å². The van der Waals surface area contributed by atoms with Gasteiger partial charge in [-0.05, 0) is 44.7 Å². The molecule has 0 aromatic rings. The van der Waals surface area contributed by atoms with Gasteiger partial charge in [-0.15, -0.1) is 0 Å². The largest absolute Gasteiger partial charge is 0.471 e. The van der Waals surface area contributed by atoms with Gasteiger partial charge in [0, 0.05) is 12.6 Å². The molecule has 19 heavy (non-hydrogen) atoms. The van der Waals surface area contributed by atoms with E-state index in [1.54, 1.807) is 0 Å². The number of carbonyl (C=O) groups excluding carboxylic acids is 1. The van der Waals surface area contributed by atoms with Crippen molar-refractivity contribution in [1.29, 1.82) is 0 Å². The number of carbonyl (C=O) groups is 1. The summed E-state index contributed by atoms with van der Waals surface area (Å²) in [6.07, 6.45) is 0.239. The van der Waals surface area contributed by atoms with Gasteiger partial charge in [-0.3, -0.25) is 4.79 Å². The summed E-state index contributed by atoms with van der Waals surface area (Å²) in [6.45, 7) is 1.94. The van der Waals surface area contributed by atoms with Gasteiger partial charge in [-0.2, -0.15) is 13.2 Å². The van der Waals surface area contributed by atoms with E-state index in [-0.39, 0.29) is 18.5 Å². The molecule has 2 rings (SSSR count). The van der Waals surface area contributed by atoms with Crippen molar-refractivity contribution in [2.75, 3.05) is 19.6 Å². The third-order valence-electron chi connectivity index (χ3n) is 4.23. The Morgan fingerprint density at radius 3 is 2.37 bits per heavy atom. The summed E-state index contributed by atoms with van der Waals surface area (Å²) in [6, 6.07) is -0.223. The Kier molecular flexibility index (Phi) is 4.71. The van der Waals surface area contributed by atoms with E-state index < -0.39 is 12.1 Å². The maximum atomic E-state index is 12.7. The summed E-state index contributed by atoms with van der Waals surface area (Å²) in [5.74, 6) is -1.43. The van der Waals surface area contributed by atoms with Crippen molar-refractivity contribution in [3.05, 3.63) is 0 Å². The van der Waals surface area contributed by atoms with E-state index >= 15 is 0 Å². The number of rotatable bonds is 1. The zero-order chi connectivity index (χ0) is 13.9. The fraction of sp³-hybridized carbons (Fsp3) is 0.923. The lowest BCUT2D eigenvalue weighted by Crippen LogP contribution is -2.51. The van der Waals surface area contributed by atoms with Crippen molar-refractivity contribution < 1.29 is 18.0 Å². The molecule has 2 aliphatic rings. The molecule has 2 saturated heterocycles. The summed E-state index contributed by atoms with van der Waals surface area (Å²) in [5.41, 5.74) is 0. The zero-order valence-electron chi connectivity index (χ0n) is 11.0. The molecule has 2 heterocycles. The third kappa shape index (κ3) is 3.61. The first kappa shape index (κ1) is 14.6. The van der Waals surface area contributed by atoms with Gasteiger partial charge in [0.05, 0.1) is 0 Å². The molecular formula is C13H21F3N2O. The van der Waals surface area contributed by atoms with Crippen LogP contribution in [0.4, 0.5) is 13.2 Å². The molecule has 0 spiro atoms. The Balaban J connectivity index is 2.12. The molecule has 0 aromatic carbocycles. The fourth-order valence-corrected chi connectivity index (χ4v) is 3.27. The van der Waals surface area contributed by atoms with Crippen LogP contribution in [-0.2, 0) is 4.79 Å². The van der Waals surface area contributed by atoms with Crippen LogP contribution in [0.15, 0.2) is 0 Å². The van der Waals surface area contributed by atoms with Gasteiger partial charge in [0.15, 0.2) is 0 Å². The van der Waals surface area contributed by atoms with E-state index in [2.05, 4.69) is 5.32 Å². The smallest absolute Gasteiger partial charge is 0.332 e. The molecule has 2 aliphatic heterocycles. The Morgan fingerprint density at radius 2 is 1.74 bits per heavy atom. The molecule has 0 bridgehead atoms. The third-order valence-corrected chi connectivity index (χ3v) is 4.23. The number of nitrogens with one attached hydrogen (secondary N) is 1. The van der Waals surface area contributed by atoms with Crippen molar-refractivity contribution >= 4 is 5.91 Å². The minimum Gasteiger partial charge on any atom is -0.332 e. The van der Waals surface area contributed by atoms with Gasteiger partial charge in [0.25, 0.3) is 0 Å². The van der Waals surface area contributed by atoms with E-state index in [1.165, 1.54) is 0 Å². The molecule has 1 amide bonds. The highest BCUT2D eigenvalue weighted by molar-refractivity contribution is 5.82. The van der Waals surface area contributed by atoms with E-state index in [9.17, 15) is 18.0 Å². The number of alkyl halides is 3. The fourth-order valence-electron chi connectivity index (χ4n) is 3.27. The van der Waals surface area contributed by atoms with Crippen LogP contribution in [0.5, 0.6) is 0 Å². The summed E-state index contributed by atoms with van der Waals surface area (Å²) in [7, 11) is 0. The minimum atomic E-state index is -4.74. The molecule has 0 aliphatic carbocycles. The van der Waals surface area contributed by atoms with Crippen molar-refractivity contribution in [3.8, 4) is 0 Å². The van der Waals surface area contributed by atoms with Gasteiger partial charge >= 0.3 is 12.1 Å². The molecule has 0 saturated carbocycles. The van der Waals surface area contributed by atoms with Crippen molar-refractivity contribution in [3.63, 3.8) is 0 Å². The van der Waals surface area contributed by atoms with Crippen LogP contribution in [0.3, 0.4) is 0 Å². The monoisotopic (exact) mass is 278 g/mol. The normalized spacial score (nSPS) is 27.1. The van der Waals surface area contributed by atoms with Gasteiger partial charge in [0.2, 0.25) is 0 Å². The second-order valence-electron chi connectivity index (χ2n) is 5.50. The Bertz CT molecular complexity index is 314. The molecule has 2 fully saturated rings. The first-order valence-corrected chi connectivity index (χ1v) is 7.08. The molecule has 110 valence electrons. The second-order valence-corrected chi connectivity index (χ2v) is 5.50. The molecule has 3 nitrogen and oxygen atoms in total. The SMILES string of the molecule is O=C(N1CCCCCC1C1CCNCC1)C(F)(F)F. The molecule has 0 aromatic heterocycles. The van der Waals surface area contributed by atoms with Gasteiger partial charge in [-0.25, -0.2) is 0 Å². The maximum Gasteiger partial charge on any atom is 0.471 e. The quantitative estimate of drug-likeness (QED) is 0.798. The molecular weight excluding hydrogens is 257 g/mol. The lowest BCUT2D eigenvalue weighted by Gasteiger charge is -2.38. The number of halogens is 3. The van der Waals surface area contributed by atoms with E-state index in [0.717, 1.165) is 43.7 Å². The van der Waals surface area contributed by atoms with Crippen LogP contribution in [0.25, 0.3) is 0 Å². The van der Waals surface area contributed by atoms with Crippen molar-refractivity contribution in [1.82, 2.24) is 10.2 Å². The standard InChI is InChI=1S/C13H21F3N2O/c14-13(15,16)12(19)18-9-3-1-2-4-11(18)10-5-7-17-8-6-10/h10-11,17H,1-9H2. The predicted octanol–water partition coefficient (Wildman–Crippen LogP) is 2.32. The lowest BCUT2D eigenvalue weighted by atomic mass is 9.87. The van der Waals surface area contributed by atoms with Gasteiger partial charge in [-0.1, -0.05) is 12.8 Å². The average molecular weight is 278 g/mol. The van der Waals surface area contributed by atoms with Crippen LogP contribution < -0.4 is 5.32 Å². The van der Waals surface area contributed by atoms with Crippen LogP contribution >= 0.6 is 0 Å². The van der Waals surface area contributed by atoms with Gasteiger partial charge < -0.3 is 10.2 Å². The highest BCUT2D eigenvalue weighted by Crippen LogP contribution is 2.31. The Hall–Kier alpha value is -0.780. The number of hydrogen-bond donors (Lipinski definition) is 1. The summed E-state index contributed by atoms with van der Waals surface area (Å²) in [5, 5.41) is 3.22. The molecule has 6 heteroatoms. The second kappa shape index (κ2) is 6.11. The zero-order valence-corrected chi connectivity index (χ0v) is 11.0. The van der Waals surface area contributed by atoms with E-state index in [1.807, 2.05) is 0 Å². The highest BCUT2D eigenvalue weighted by atomic mass is 19.4. The number of nitrogens with zero attached hydrogens (tertiary/aromatic N) is 1. The van der Waals surface area contributed by atoms with Crippen LogP contribution in [0, 0.1) is 5.92 Å². The average Bonchev–Trinajstić information content (AvgIpc) is 2.63. The van der Waals surface area contributed by atoms with E-state index in [4.69, 9.17) is 0 Å². The molecule has 1 N–H and O–H groups in total. The summed E-state index contributed by atoms with van der Waals surface area (Å²) < 4.78 is 38.1. The first-order chi connectivity index (χ1) is 9.00. The number of likely N-dealkylation sites (tertiary alicyclic amines) is 1. The Labute approximate surface area is 111 Å². The number of piperidine rings is 1. The topological polar surface area (TPSA) is 32.3 Å². The number of amides is 1. The first-order valence-electron chi connectivity index (χ1n) is 7.08. The van der Waals surface area contributed by atoms with Crippen LogP contribution in [0.2, 0.25) is 0 Å². The Morgan fingerprint density at radius 1 is 1.05 bits per heavy atom. The molecule has 0 radical (unpaired) electrons. The number of hydrogen-bond acceptors (Lipinski definition) is 2. The predicted molar refractivity (Wildman–Crippen MR) is 65.6 cm³/mol. The minimum absolute atomic E-state index is 0.214. The van der Waals surface area contributed by atoms with Crippen molar-refractivity contribution in [2.45, 2.75) is 50.7 Å². The van der Waals surface area contributed by atoms with Gasteiger partial charge in [0.1, 0.15) is 0 Å². The molecule has 1 unspecified atom stereocenters. The highest BCUT2D eigenvalue weighted by Gasteiger charge is 2.46. The lowest BCUT2D eigenvalue weighted by molar-refractivity contribution is -0.189. The summed E-state index contributed by atoms with van der Waals surface area (Å²) in [4.78, 5) is 12.7. The molecule has 1 atom stereocenters. The van der Waals surface area contributed by atoms with E-state index in [0.29, 0.717) is 12.8 Å². The van der Waals surface area contributed by atoms with Crippen molar-refractivity contribution in [2.24, 2.45) is 5.92 Å². The summed E-state index contributed by atoms with van der Waals surface area (Å²) >= 11 is 0. The van der Waals surface area contributed by atoms with Crippen LogP contribution in [-0.4, -0.2) is 42.7 Å². The maximum absolute atomic E-state index is 12.7.